The van der Waals surface area contributed by atoms with Crippen LogP contribution in [0.25, 0.3) is 11.1 Å². The van der Waals surface area contributed by atoms with Gasteiger partial charge in [0.05, 0.1) is 5.02 Å². The lowest BCUT2D eigenvalue weighted by molar-refractivity contribution is -0.121. The summed E-state index contributed by atoms with van der Waals surface area (Å²) in [6.45, 7) is 4.19. The van der Waals surface area contributed by atoms with Crippen LogP contribution in [0.2, 0.25) is 5.02 Å². The third kappa shape index (κ3) is 5.77. The zero-order chi connectivity index (χ0) is 28.4. The fraction of sp³-hybridized carbons (Fsp3) is 0.290. The van der Waals surface area contributed by atoms with E-state index in [4.69, 9.17) is 11.6 Å². The van der Waals surface area contributed by atoms with Crippen LogP contribution >= 0.6 is 11.6 Å². The third-order valence-electron chi connectivity index (χ3n) is 7.39. The molecule has 9 heteroatoms. The van der Waals surface area contributed by atoms with Gasteiger partial charge in [0.15, 0.2) is 17.4 Å². The Balaban J connectivity index is 1.39. The van der Waals surface area contributed by atoms with Gasteiger partial charge >= 0.3 is 6.03 Å². The number of nitrogens with zero attached hydrogens (tertiary/aromatic N) is 2. The number of hydrogen-bond donors (Lipinski definition) is 2. The lowest BCUT2D eigenvalue weighted by Crippen LogP contribution is -2.53. The largest absolute Gasteiger partial charge is 0.326 e. The van der Waals surface area contributed by atoms with Gasteiger partial charge in [-0.15, -0.1) is 0 Å². The molecule has 3 amide bonds. The van der Waals surface area contributed by atoms with E-state index in [0.29, 0.717) is 36.4 Å². The van der Waals surface area contributed by atoms with Crippen LogP contribution in [0.15, 0.2) is 66.4 Å². The zero-order valence-electron chi connectivity index (χ0n) is 22.3. The van der Waals surface area contributed by atoms with E-state index in [-0.39, 0.29) is 22.5 Å². The Labute approximate surface area is 237 Å². The predicted molar refractivity (Wildman–Crippen MR) is 154 cm³/mol. The van der Waals surface area contributed by atoms with Gasteiger partial charge in [-0.2, -0.15) is 0 Å². The highest BCUT2D eigenvalue weighted by atomic mass is 35.5. The minimum atomic E-state index is -0.766. The Morgan fingerprint density at radius 3 is 2.62 bits per heavy atom. The smallest absolute Gasteiger partial charge is 0.321 e. The zero-order valence-corrected chi connectivity index (χ0v) is 23.1. The monoisotopic (exact) mass is 560 g/mol. The molecular weight excluding hydrogens is 531 g/mol. The molecule has 1 saturated carbocycles. The molecule has 2 fully saturated rings. The van der Waals surface area contributed by atoms with Crippen molar-refractivity contribution in [2.75, 3.05) is 16.8 Å². The lowest BCUT2D eigenvalue weighted by Gasteiger charge is -2.34. The van der Waals surface area contributed by atoms with Gasteiger partial charge in [-0.05, 0) is 85.9 Å². The summed E-state index contributed by atoms with van der Waals surface area (Å²) in [5, 5.41) is 5.14. The molecule has 0 radical (unpaired) electrons. The van der Waals surface area contributed by atoms with Crippen LogP contribution in [-0.2, 0) is 4.79 Å². The van der Waals surface area contributed by atoms with Gasteiger partial charge in [0.2, 0.25) is 5.91 Å². The van der Waals surface area contributed by atoms with Crippen molar-refractivity contribution in [3.8, 4) is 11.1 Å². The van der Waals surface area contributed by atoms with Crippen molar-refractivity contribution in [3.63, 3.8) is 0 Å². The number of anilines is 2. The van der Waals surface area contributed by atoms with Crippen molar-refractivity contribution in [1.29, 1.82) is 0 Å². The first-order chi connectivity index (χ1) is 19.3. The standard InChI is InChI=1S/C31H30ClFN4O3/c1-3-18(2)28(38)23-8-5-4-7-22(23)20-12-13-27(24(15-20)19-10-11-19)37-14-6-9-26(30(37)39)35-31(40)36-29-25(33)16-21(32)17-34-29/h3-5,7-8,12-13,15-17,19,26H,6,9-11,14H2,1-2H3,(H2,34,35,36,40)/b18-3+/t26-/m1/s1. The number of Topliss-reactive ketones (excluding diaryl/α,β-unsaturated/α-hetero) is 1. The summed E-state index contributed by atoms with van der Waals surface area (Å²) in [4.78, 5) is 44.7. The third-order valence-corrected chi connectivity index (χ3v) is 7.60. The van der Waals surface area contributed by atoms with Crippen LogP contribution in [0.5, 0.6) is 0 Å². The van der Waals surface area contributed by atoms with E-state index in [0.717, 1.165) is 41.3 Å². The van der Waals surface area contributed by atoms with Crippen molar-refractivity contribution in [3.05, 3.63) is 88.3 Å². The maximum absolute atomic E-state index is 14.1. The van der Waals surface area contributed by atoms with E-state index < -0.39 is 17.9 Å². The van der Waals surface area contributed by atoms with Crippen LogP contribution in [0.4, 0.5) is 20.7 Å². The predicted octanol–water partition coefficient (Wildman–Crippen LogP) is 6.88. The number of allylic oxidation sites excluding steroid dienone is 2. The molecule has 2 aliphatic rings. The summed E-state index contributed by atoms with van der Waals surface area (Å²) in [6.07, 6.45) is 6.26. The maximum Gasteiger partial charge on any atom is 0.321 e. The number of aromatic nitrogens is 1. The van der Waals surface area contributed by atoms with Gasteiger partial charge in [-0.25, -0.2) is 14.2 Å². The van der Waals surface area contributed by atoms with E-state index >= 15 is 0 Å². The Morgan fingerprint density at radius 1 is 1.12 bits per heavy atom. The molecule has 0 bridgehead atoms. The number of carbonyl (C=O) groups excluding carboxylic acids is 3. The molecule has 0 unspecified atom stereocenters. The molecule has 40 heavy (non-hydrogen) atoms. The molecule has 2 heterocycles. The quantitative estimate of drug-likeness (QED) is 0.243. The second kappa shape index (κ2) is 11.6. The first-order valence-electron chi connectivity index (χ1n) is 13.4. The first kappa shape index (κ1) is 27.5. The Kier molecular flexibility index (Phi) is 7.98. The van der Waals surface area contributed by atoms with Crippen molar-refractivity contribution in [2.45, 2.75) is 51.5 Å². The van der Waals surface area contributed by atoms with Crippen molar-refractivity contribution >= 4 is 40.8 Å². The minimum Gasteiger partial charge on any atom is -0.326 e. The van der Waals surface area contributed by atoms with Crippen LogP contribution in [0.1, 0.15) is 61.4 Å². The number of amides is 3. The summed E-state index contributed by atoms with van der Waals surface area (Å²) < 4.78 is 14.1. The average Bonchev–Trinajstić information content (AvgIpc) is 3.80. The van der Waals surface area contributed by atoms with Crippen molar-refractivity contribution in [1.82, 2.24) is 10.3 Å². The minimum absolute atomic E-state index is 0.0118. The summed E-state index contributed by atoms with van der Waals surface area (Å²) in [5.74, 6) is -0.935. The second-order valence-corrected chi connectivity index (χ2v) is 10.6. The van der Waals surface area contributed by atoms with Gasteiger partial charge in [-0.1, -0.05) is 48.0 Å². The molecule has 206 valence electrons. The van der Waals surface area contributed by atoms with Gasteiger partial charge < -0.3 is 10.2 Å². The van der Waals surface area contributed by atoms with Gasteiger partial charge in [0.1, 0.15) is 6.04 Å². The number of urea groups is 1. The number of carbonyl (C=O) groups is 3. The molecule has 3 aromatic rings. The Morgan fingerprint density at radius 2 is 1.90 bits per heavy atom. The van der Waals surface area contributed by atoms with E-state index in [1.807, 2.05) is 56.3 Å². The molecule has 1 saturated heterocycles. The Bertz CT molecular complexity index is 1520. The normalized spacial score (nSPS) is 17.5. The summed E-state index contributed by atoms with van der Waals surface area (Å²) >= 11 is 5.73. The van der Waals surface area contributed by atoms with Crippen LogP contribution in [0, 0.1) is 5.82 Å². The second-order valence-electron chi connectivity index (χ2n) is 10.2. The lowest BCUT2D eigenvalue weighted by atomic mass is 9.91. The maximum atomic E-state index is 14.1. The van der Waals surface area contributed by atoms with Crippen molar-refractivity contribution in [2.24, 2.45) is 0 Å². The van der Waals surface area contributed by atoms with Crippen LogP contribution < -0.4 is 15.5 Å². The van der Waals surface area contributed by atoms with E-state index in [9.17, 15) is 18.8 Å². The number of halogens is 2. The fourth-order valence-electron chi connectivity index (χ4n) is 5.02. The molecule has 2 N–H and O–H groups in total. The first-order valence-corrected chi connectivity index (χ1v) is 13.8. The molecule has 7 nitrogen and oxygen atoms in total. The van der Waals surface area contributed by atoms with E-state index in [2.05, 4.69) is 21.7 Å². The van der Waals surface area contributed by atoms with Crippen molar-refractivity contribution < 1.29 is 18.8 Å². The number of hydrogen-bond acceptors (Lipinski definition) is 4. The average molecular weight is 561 g/mol. The number of ketones is 1. The molecule has 1 aliphatic carbocycles. The molecular formula is C31H30ClFN4O3. The fourth-order valence-corrected chi connectivity index (χ4v) is 5.17. The molecule has 1 aliphatic heterocycles. The van der Waals surface area contributed by atoms with Crippen LogP contribution in [0.3, 0.4) is 0 Å². The summed E-state index contributed by atoms with van der Waals surface area (Å²) in [7, 11) is 0. The molecule has 2 aromatic carbocycles. The highest BCUT2D eigenvalue weighted by Gasteiger charge is 2.35. The molecule has 5 rings (SSSR count). The molecule has 1 aromatic heterocycles. The molecule has 1 atom stereocenters. The highest BCUT2D eigenvalue weighted by molar-refractivity contribution is 6.30. The summed E-state index contributed by atoms with van der Waals surface area (Å²) in [6, 6.07) is 13.1. The number of piperidine rings is 1. The number of benzene rings is 2. The number of nitrogens with one attached hydrogen (secondary N) is 2. The molecule has 0 spiro atoms. The van der Waals surface area contributed by atoms with E-state index in [1.54, 1.807) is 4.90 Å². The van der Waals surface area contributed by atoms with E-state index in [1.165, 1.54) is 6.20 Å². The SMILES string of the molecule is C/C=C(\C)C(=O)c1ccccc1-c1ccc(N2CCC[C@@H](NC(=O)Nc3ncc(Cl)cc3F)C2=O)c(C2CC2)c1. The van der Waals surface area contributed by atoms with Gasteiger partial charge in [0.25, 0.3) is 0 Å². The number of rotatable bonds is 7. The summed E-state index contributed by atoms with van der Waals surface area (Å²) in [5.41, 5.74) is 4.99. The number of pyridine rings is 1. The van der Waals surface area contributed by atoms with Crippen LogP contribution in [-0.4, -0.2) is 35.3 Å². The van der Waals surface area contributed by atoms with Gasteiger partial charge in [0, 0.05) is 24.0 Å². The highest BCUT2D eigenvalue weighted by Crippen LogP contribution is 2.46. The topological polar surface area (TPSA) is 91.4 Å². The van der Waals surface area contributed by atoms with Gasteiger partial charge in [-0.3, -0.25) is 14.9 Å². The Hall–Kier alpha value is -4.04.